The largest absolute Gasteiger partial charge is 0.371 e. The number of hydrogen-bond donors (Lipinski definition) is 1. The van der Waals surface area contributed by atoms with Crippen LogP contribution in [0.1, 0.15) is 13.3 Å². The molecular formula is C15H23N3S. The van der Waals surface area contributed by atoms with Crippen molar-refractivity contribution in [1.82, 2.24) is 0 Å². The van der Waals surface area contributed by atoms with Gasteiger partial charge in [0.25, 0.3) is 0 Å². The molecule has 0 amide bonds. The van der Waals surface area contributed by atoms with Crippen molar-refractivity contribution < 1.29 is 0 Å². The molecule has 0 aromatic heterocycles. The highest BCUT2D eigenvalue weighted by atomic mass is 32.2. The minimum Gasteiger partial charge on any atom is -0.371 e. The SMILES string of the molecule is CC1SCCC1(CN)N1CCN(C)c2ccccc21. The molecule has 2 N–H and O–H groups in total. The molecule has 0 aliphatic carbocycles. The van der Waals surface area contributed by atoms with Gasteiger partial charge in [0.05, 0.1) is 16.9 Å². The molecule has 2 heterocycles. The first kappa shape index (κ1) is 13.1. The van der Waals surface area contributed by atoms with E-state index in [1.165, 1.54) is 23.5 Å². The van der Waals surface area contributed by atoms with Gasteiger partial charge in [-0.25, -0.2) is 0 Å². The molecule has 4 heteroatoms. The summed E-state index contributed by atoms with van der Waals surface area (Å²) in [6.07, 6.45) is 1.20. The first-order valence-corrected chi connectivity index (χ1v) is 8.13. The standard InChI is InChI=1S/C15H23N3S/c1-12-15(11-16,7-10-19-12)18-9-8-17(2)13-5-3-4-6-14(13)18/h3-6,12H,7-11,16H2,1-2H3. The Hall–Kier alpha value is -0.870. The van der Waals surface area contributed by atoms with Gasteiger partial charge >= 0.3 is 0 Å². The van der Waals surface area contributed by atoms with Crippen molar-refractivity contribution in [3.05, 3.63) is 24.3 Å². The zero-order valence-corrected chi connectivity index (χ0v) is 12.6. The minimum atomic E-state index is 0.141. The molecule has 3 nitrogen and oxygen atoms in total. The lowest BCUT2D eigenvalue weighted by Crippen LogP contribution is -2.61. The number of thioether (sulfide) groups is 1. The van der Waals surface area contributed by atoms with E-state index in [9.17, 15) is 0 Å². The van der Waals surface area contributed by atoms with Crippen molar-refractivity contribution in [3.63, 3.8) is 0 Å². The fourth-order valence-electron chi connectivity index (χ4n) is 3.47. The van der Waals surface area contributed by atoms with Gasteiger partial charge in [0.1, 0.15) is 0 Å². The fraction of sp³-hybridized carbons (Fsp3) is 0.600. The summed E-state index contributed by atoms with van der Waals surface area (Å²) in [6, 6.07) is 8.74. The Bertz CT molecular complexity index is 464. The van der Waals surface area contributed by atoms with E-state index in [1.807, 2.05) is 0 Å². The summed E-state index contributed by atoms with van der Waals surface area (Å²) in [5, 5.41) is 0.606. The lowest BCUT2D eigenvalue weighted by molar-refractivity contribution is 0.392. The molecule has 2 aliphatic rings. The maximum atomic E-state index is 6.21. The molecule has 0 bridgehead atoms. The molecule has 19 heavy (non-hydrogen) atoms. The number of hydrogen-bond acceptors (Lipinski definition) is 4. The van der Waals surface area contributed by atoms with Crippen LogP contribution in [-0.2, 0) is 0 Å². The third-order valence-corrected chi connectivity index (χ3v) is 6.17. The lowest BCUT2D eigenvalue weighted by Gasteiger charge is -2.49. The zero-order chi connectivity index (χ0) is 13.5. The van der Waals surface area contributed by atoms with Crippen molar-refractivity contribution in [1.29, 1.82) is 0 Å². The molecule has 1 aromatic carbocycles. The van der Waals surface area contributed by atoms with Crippen LogP contribution in [0.4, 0.5) is 11.4 Å². The zero-order valence-electron chi connectivity index (χ0n) is 11.8. The number of nitrogens with two attached hydrogens (primary N) is 1. The summed E-state index contributed by atoms with van der Waals surface area (Å²) >= 11 is 2.06. The van der Waals surface area contributed by atoms with Gasteiger partial charge in [-0.3, -0.25) is 0 Å². The molecule has 0 radical (unpaired) electrons. The average Bonchev–Trinajstić information content (AvgIpc) is 2.82. The van der Waals surface area contributed by atoms with E-state index < -0.39 is 0 Å². The molecule has 2 atom stereocenters. The molecule has 1 saturated heterocycles. The second kappa shape index (κ2) is 4.91. The summed E-state index contributed by atoms with van der Waals surface area (Å²) in [5.74, 6) is 1.23. The van der Waals surface area contributed by atoms with Crippen LogP contribution >= 0.6 is 11.8 Å². The molecule has 2 aliphatic heterocycles. The van der Waals surface area contributed by atoms with Crippen molar-refractivity contribution in [3.8, 4) is 0 Å². The maximum absolute atomic E-state index is 6.21. The van der Waals surface area contributed by atoms with Gasteiger partial charge in [0.2, 0.25) is 0 Å². The monoisotopic (exact) mass is 277 g/mol. The Morgan fingerprint density at radius 1 is 1.32 bits per heavy atom. The van der Waals surface area contributed by atoms with Gasteiger partial charge in [0, 0.05) is 31.9 Å². The highest BCUT2D eigenvalue weighted by molar-refractivity contribution is 8.00. The van der Waals surface area contributed by atoms with Crippen LogP contribution in [0.3, 0.4) is 0 Å². The topological polar surface area (TPSA) is 32.5 Å². The van der Waals surface area contributed by atoms with Gasteiger partial charge in [-0.1, -0.05) is 19.1 Å². The molecular weight excluding hydrogens is 254 g/mol. The first-order chi connectivity index (χ1) is 9.19. The van der Waals surface area contributed by atoms with Crippen LogP contribution in [0.15, 0.2) is 24.3 Å². The van der Waals surface area contributed by atoms with Crippen LogP contribution in [0, 0.1) is 0 Å². The molecule has 1 fully saturated rings. The fourth-order valence-corrected chi connectivity index (χ4v) is 4.95. The molecule has 2 unspecified atom stereocenters. The van der Waals surface area contributed by atoms with Crippen molar-refractivity contribution in [2.24, 2.45) is 5.73 Å². The first-order valence-electron chi connectivity index (χ1n) is 7.08. The second-order valence-corrected chi connectivity index (χ2v) is 7.08. The summed E-state index contributed by atoms with van der Waals surface area (Å²) in [7, 11) is 2.18. The van der Waals surface area contributed by atoms with Crippen LogP contribution in [0.25, 0.3) is 0 Å². The van der Waals surface area contributed by atoms with Gasteiger partial charge in [-0.05, 0) is 24.3 Å². The van der Waals surface area contributed by atoms with Crippen LogP contribution in [-0.4, -0.2) is 43.2 Å². The quantitative estimate of drug-likeness (QED) is 0.898. The van der Waals surface area contributed by atoms with Crippen molar-refractivity contribution >= 4 is 23.1 Å². The van der Waals surface area contributed by atoms with E-state index in [0.29, 0.717) is 5.25 Å². The average molecular weight is 277 g/mol. The summed E-state index contributed by atoms with van der Waals surface area (Å²) in [6.45, 7) is 5.25. The summed E-state index contributed by atoms with van der Waals surface area (Å²) in [4.78, 5) is 4.94. The number of para-hydroxylation sites is 2. The Morgan fingerprint density at radius 3 is 2.68 bits per heavy atom. The van der Waals surface area contributed by atoms with Crippen molar-refractivity contribution in [2.75, 3.05) is 42.2 Å². The molecule has 1 aromatic rings. The van der Waals surface area contributed by atoms with E-state index in [-0.39, 0.29) is 5.54 Å². The van der Waals surface area contributed by atoms with Gasteiger partial charge in [-0.15, -0.1) is 0 Å². The lowest BCUT2D eigenvalue weighted by atomic mass is 9.88. The van der Waals surface area contributed by atoms with E-state index in [0.717, 1.165) is 19.6 Å². The number of likely N-dealkylation sites (N-methyl/N-ethyl adjacent to an activating group) is 1. The summed E-state index contributed by atoms with van der Waals surface area (Å²) < 4.78 is 0. The summed E-state index contributed by atoms with van der Waals surface area (Å²) in [5.41, 5.74) is 9.05. The van der Waals surface area contributed by atoms with E-state index >= 15 is 0 Å². The van der Waals surface area contributed by atoms with E-state index in [2.05, 4.69) is 59.8 Å². The Balaban J connectivity index is 2.04. The highest BCUT2D eigenvalue weighted by Gasteiger charge is 2.46. The van der Waals surface area contributed by atoms with Crippen LogP contribution in [0.5, 0.6) is 0 Å². The Morgan fingerprint density at radius 2 is 2.05 bits per heavy atom. The smallest absolute Gasteiger partial charge is 0.0648 e. The molecule has 0 spiro atoms. The minimum absolute atomic E-state index is 0.141. The molecule has 0 saturated carbocycles. The van der Waals surface area contributed by atoms with E-state index in [1.54, 1.807) is 0 Å². The van der Waals surface area contributed by atoms with Gasteiger partial charge in [0.15, 0.2) is 0 Å². The molecule has 3 rings (SSSR count). The van der Waals surface area contributed by atoms with Gasteiger partial charge in [-0.2, -0.15) is 11.8 Å². The third-order valence-electron chi connectivity index (χ3n) is 4.79. The predicted molar refractivity (Wildman–Crippen MR) is 85.4 cm³/mol. The van der Waals surface area contributed by atoms with Crippen LogP contribution < -0.4 is 15.5 Å². The second-order valence-electron chi connectivity index (χ2n) is 5.63. The number of rotatable bonds is 2. The normalized spacial score (nSPS) is 30.6. The van der Waals surface area contributed by atoms with Crippen LogP contribution in [0.2, 0.25) is 0 Å². The Labute approximate surface area is 120 Å². The van der Waals surface area contributed by atoms with E-state index in [4.69, 9.17) is 5.73 Å². The van der Waals surface area contributed by atoms with Gasteiger partial charge < -0.3 is 15.5 Å². The number of nitrogens with zero attached hydrogens (tertiary/aromatic N) is 2. The highest BCUT2D eigenvalue weighted by Crippen LogP contribution is 2.45. The number of anilines is 2. The number of benzene rings is 1. The maximum Gasteiger partial charge on any atom is 0.0648 e. The number of fused-ring (bicyclic) bond motifs is 1. The third kappa shape index (κ3) is 1.93. The predicted octanol–water partition coefficient (Wildman–Crippen LogP) is 2.17. The van der Waals surface area contributed by atoms with Crippen molar-refractivity contribution in [2.45, 2.75) is 24.1 Å². The molecule has 104 valence electrons. The Kier molecular flexibility index (Phi) is 3.39.